The van der Waals surface area contributed by atoms with E-state index in [2.05, 4.69) is 37.2 Å². The second-order valence-electron chi connectivity index (χ2n) is 7.79. The molecule has 1 aliphatic rings. The summed E-state index contributed by atoms with van der Waals surface area (Å²) in [6.07, 6.45) is 4.52. The summed E-state index contributed by atoms with van der Waals surface area (Å²) in [5, 5.41) is 12.7. The maximum Gasteiger partial charge on any atom is 0.251 e. The fraction of sp³-hybridized carbons (Fsp3) is 0.304. The number of hydrogen-bond acceptors (Lipinski definition) is 4. The molecule has 1 saturated carbocycles. The Hall–Kier alpha value is -3.28. The summed E-state index contributed by atoms with van der Waals surface area (Å²) in [7, 11) is 0. The Labute approximate surface area is 169 Å². The Morgan fingerprint density at radius 2 is 1.90 bits per heavy atom. The number of imidazole rings is 1. The van der Waals surface area contributed by atoms with Gasteiger partial charge in [-0.2, -0.15) is 0 Å². The van der Waals surface area contributed by atoms with Crippen molar-refractivity contribution in [3.63, 3.8) is 0 Å². The summed E-state index contributed by atoms with van der Waals surface area (Å²) in [6.45, 7) is 2.68. The van der Waals surface area contributed by atoms with Crippen LogP contribution in [0.1, 0.15) is 47.4 Å². The number of hydrogen-bond donors (Lipinski definition) is 1. The molecular formula is C23H23N5O. The number of aryl methyl sites for hydroxylation is 1. The van der Waals surface area contributed by atoms with Crippen LogP contribution >= 0.6 is 0 Å². The number of fused-ring (bicyclic) bond motifs is 3. The van der Waals surface area contributed by atoms with Crippen molar-refractivity contribution in [1.82, 2.24) is 25.1 Å². The van der Waals surface area contributed by atoms with Gasteiger partial charge in [-0.25, -0.2) is 4.98 Å². The molecule has 4 aromatic rings. The van der Waals surface area contributed by atoms with Crippen LogP contribution in [0.2, 0.25) is 0 Å². The van der Waals surface area contributed by atoms with E-state index in [-0.39, 0.29) is 5.91 Å². The van der Waals surface area contributed by atoms with E-state index in [4.69, 9.17) is 0 Å². The molecule has 1 fully saturated rings. The largest absolute Gasteiger partial charge is 0.349 e. The van der Waals surface area contributed by atoms with Crippen molar-refractivity contribution < 1.29 is 4.79 Å². The third-order valence-electron chi connectivity index (χ3n) is 5.78. The zero-order valence-electron chi connectivity index (χ0n) is 16.4. The van der Waals surface area contributed by atoms with Gasteiger partial charge < -0.3 is 9.88 Å². The number of carbonyl (C=O) groups is 1. The number of benzene rings is 2. The van der Waals surface area contributed by atoms with Crippen molar-refractivity contribution in [2.24, 2.45) is 0 Å². The highest BCUT2D eigenvalue weighted by atomic mass is 16.1. The fourth-order valence-electron chi connectivity index (χ4n) is 4.24. The molecule has 2 aromatic carbocycles. The fourth-order valence-corrected chi connectivity index (χ4v) is 4.24. The lowest BCUT2D eigenvalue weighted by molar-refractivity contribution is 0.0938. The second kappa shape index (κ2) is 7.28. The van der Waals surface area contributed by atoms with Crippen molar-refractivity contribution in [2.45, 2.75) is 45.2 Å². The zero-order chi connectivity index (χ0) is 19.8. The van der Waals surface area contributed by atoms with E-state index in [0.717, 1.165) is 35.1 Å². The summed E-state index contributed by atoms with van der Waals surface area (Å²) in [5.41, 5.74) is 4.15. The van der Waals surface area contributed by atoms with Crippen molar-refractivity contribution in [2.75, 3.05) is 0 Å². The topological polar surface area (TPSA) is 72.7 Å². The van der Waals surface area contributed by atoms with Crippen LogP contribution in [-0.2, 0) is 6.54 Å². The Morgan fingerprint density at radius 1 is 1.10 bits per heavy atom. The molecule has 1 N–H and O–H groups in total. The number of carbonyl (C=O) groups excluding carboxylic acids is 1. The van der Waals surface area contributed by atoms with Gasteiger partial charge in [-0.15, -0.1) is 10.2 Å². The van der Waals surface area contributed by atoms with E-state index in [1.165, 1.54) is 18.4 Å². The average Bonchev–Trinajstić information content (AvgIpc) is 3.36. The minimum Gasteiger partial charge on any atom is -0.349 e. The highest BCUT2D eigenvalue weighted by Crippen LogP contribution is 2.26. The van der Waals surface area contributed by atoms with Gasteiger partial charge in [0.1, 0.15) is 5.82 Å². The maximum atomic E-state index is 12.8. The average molecular weight is 385 g/mol. The lowest BCUT2D eigenvalue weighted by atomic mass is 10.1. The van der Waals surface area contributed by atoms with Gasteiger partial charge in [-0.3, -0.25) is 4.79 Å². The first-order chi connectivity index (χ1) is 14.2. The quantitative estimate of drug-likeness (QED) is 0.576. The lowest BCUT2D eigenvalue weighted by Crippen LogP contribution is -2.32. The van der Waals surface area contributed by atoms with Crippen molar-refractivity contribution in [1.29, 1.82) is 0 Å². The SMILES string of the molecule is Cc1nc2nnc3ccc(C(=O)NC4CCCC4)cc3c2n1Cc1ccccc1. The molecule has 0 unspecified atom stereocenters. The van der Waals surface area contributed by atoms with Gasteiger partial charge in [0.15, 0.2) is 0 Å². The summed E-state index contributed by atoms with van der Waals surface area (Å²) in [4.78, 5) is 17.4. The molecule has 2 heterocycles. The second-order valence-corrected chi connectivity index (χ2v) is 7.79. The molecular weight excluding hydrogens is 362 g/mol. The van der Waals surface area contributed by atoms with Gasteiger partial charge in [0.2, 0.25) is 5.65 Å². The molecule has 1 amide bonds. The van der Waals surface area contributed by atoms with Crippen molar-refractivity contribution in [3.05, 3.63) is 65.5 Å². The molecule has 146 valence electrons. The Morgan fingerprint density at radius 3 is 2.69 bits per heavy atom. The lowest BCUT2D eigenvalue weighted by Gasteiger charge is -2.13. The normalized spacial score (nSPS) is 14.7. The molecule has 0 saturated heterocycles. The van der Waals surface area contributed by atoms with Gasteiger partial charge in [0, 0.05) is 23.5 Å². The van der Waals surface area contributed by atoms with Crippen LogP contribution in [0.4, 0.5) is 0 Å². The smallest absolute Gasteiger partial charge is 0.251 e. The molecule has 0 spiro atoms. The van der Waals surface area contributed by atoms with Gasteiger partial charge in [-0.1, -0.05) is 43.2 Å². The van der Waals surface area contributed by atoms with Crippen LogP contribution in [0.3, 0.4) is 0 Å². The minimum absolute atomic E-state index is 0.0189. The van der Waals surface area contributed by atoms with Gasteiger partial charge in [-0.05, 0) is 43.5 Å². The first-order valence-electron chi connectivity index (χ1n) is 10.2. The van der Waals surface area contributed by atoms with E-state index in [1.54, 1.807) is 0 Å². The summed E-state index contributed by atoms with van der Waals surface area (Å²) in [6, 6.07) is 16.2. The van der Waals surface area contributed by atoms with Crippen molar-refractivity contribution in [3.8, 4) is 0 Å². The summed E-state index contributed by atoms with van der Waals surface area (Å²) in [5.74, 6) is 0.862. The predicted molar refractivity (Wildman–Crippen MR) is 113 cm³/mol. The number of nitrogens with zero attached hydrogens (tertiary/aromatic N) is 4. The summed E-state index contributed by atoms with van der Waals surface area (Å²) >= 11 is 0. The first-order valence-corrected chi connectivity index (χ1v) is 10.2. The van der Waals surface area contributed by atoms with E-state index in [0.29, 0.717) is 23.8 Å². The highest BCUT2D eigenvalue weighted by Gasteiger charge is 2.19. The van der Waals surface area contributed by atoms with Crippen LogP contribution in [0, 0.1) is 6.92 Å². The molecule has 6 nitrogen and oxygen atoms in total. The Kier molecular flexibility index (Phi) is 4.46. The third-order valence-corrected chi connectivity index (χ3v) is 5.78. The molecule has 5 rings (SSSR count). The third kappa shape index (κ3) is 3.35. The highest BCUT2D eigenvalue weighted by molar-refractivity contribution is 6.05. The van der Waals surface area contributed by atoms with Crippen LogP contribution in [0.5, 0.6) is 0 Å². The molecule has 0 aliphatic heterocycles. The molecule has 1 aliphatic carbocycles. The molecule has 2 aromatic heterocycles. The van der Waals surface area contributed by atoms with E-state index < -0.39 is 0 Å². The van der Waals surface area contributed by atoms with Gasteiger partial charge in [0.05, 0.1) is 11.0 Å². The zero-order valence-corrected chi connectivity index (χ0v) is 16.4. The minimum atomic E-state index is -0.0189. The standard InChI is InChI=1S/C23H23N5O/c1-15-24-22-21(28(15)14-16-7-3-2-4-8-16)19-13-17(11-12-20(19)26-27-22)23(29)25-18-9-5-6-10-18/h2-4,7-8,11-13,18H,5-6,9-10,14H2,1H3,(H,25,29). The Bertz CT molecular complexity index is 1190. The van der Waals surface area contributed by atoms with Gasteiger partial charge >= 0.3 is 0 Å². The predicted octanol–water partition coefficient (Wildman–Crippen LogP) is 4.01. The van der Waals surface area contributed by atoms with E-state index in [1.807, 2.05) is 43.3 Å². The number of amides is 1. The van der Waals surface area contributed by atoms with Crippen LogP contribution < -0.4 is 5.32 Å². The van der Waals surface area contributed by atoms with Crippen LogP contribution in [0.25, 0.3) is 22.1 Å². The number of aromatic nitrogens is 4. The van der Waals surface area contributed by atoms with Gasteiger partial charge in [0.25, 0.3) is 5.91 Å². The number of nitrogens with one attached hydrogen (secondary N) is 1. The molecule has 6 heteroatoms. The molecule has 0 atom stereocenters. The first kappa shape index (κ1) is 17.8. The molecule has 0 bridgehead atoms. The van der Waals surface area contributed by atoms with Crippen LogP contribution in [-0.4, -0.2) is 31.7 Å². The van der Waals surface area contributed by atoms with E-state index >= 15 is 0 Å². The molecule has 0 radical (unpaired) electrons. The van der Waals surface area contributed by atoms with E-state index in [9.17, 15) is 4.79 Å². The van der Waals surface area contributed by atoms with Crippen LogP contribution in [0.15, 0.2) is 48.5 Å². The number of rotatable bonds is 4. The van der Waals surface area contributed by atoms with Crippen molar-refractivity contribution >= 4 is 28.0 Å². The summed E-state index contributed by atoms with van der Waals surface area (Å²) < 4.78 is 2.15. The Balaban J connectivity index is 1.59. The molecule has 29 heavy (non-hydrogen) atoms. The maximum absolute atomic E-state index is 12.8. The monoisotopic (exact) mass is 385 g/mol.